The minimum Gasteiger partial charge on any atom is -0.507 e. The number of hydrogen-bond acceptors (Lipinski definition) is 5. The Morgan fingerprint density at radius 1 is 0.931 bits per heavy atom. The molecule has 1 atom stereocenters. The van der Waals surface area contributed by atoms with E-state index in [4.69, 9.17) is 10.2 Å². The van der Waals surface area contributed by atoms with E-state index in [2.05, 4.69) is 10.6 Å². The zero-order chi connectivity index (χ0) is 21.4. The molecule has 0 aromatic heterocycles. The van der Waals surface area contributed by atoms with Crippen LogP contribution in [-0.4, -0.2) is 45.1 Å². The van der Waals surface area contributed by atoms with Gasteiger partial charge in [0.2, 0.25) is 0 Å². The van der Waals surface area contributed by atoms with Gasteiger partial charge >= 0.3 is 11.9 Å². The Labute approximate surface area is 165 Å². The quantitative estimate of drug-likeness (QED) is 0.419. The first kappa shape index (κ1) is 21.2. The highest BCUT2D eigenvalue weighted by Crippen LogP contribution is 2.18. The number of carboxylic acid groups (broad SMARTS) is 2. The molecular formula is C20H18N2O7. The van der Waals surface area contributed by atoms with Gasteiger partial charge in [-0.05, 0) is 24.3 Å². The Morgan fingerprint density at radius 2 is 1.55 bits per heavy atom. The number of hydrogen-bond donors (Lipinski definition) is 5. The molecule has 0 saturated heterocycles. The number of amides is 2. The van der Waals surface area contributed by atoms with Gasteiger partial charge in [-0.2, -0.15) is 0 Å². The van der Waals surface area contributed by atoms with Gasteiger partial charge < -0.3 is 26.0 Å². The average molecular weight is 398 g/mol. The smallest absolute Gasteiger partial charge is 0.326 e. The van der Waals surface area contributed by atoms with Crippen LogP contribution in [0.5, 0.6) is 5.75 Å². The van der Waals surface area contributed by atoms with Crippen molar-refractivity contribution in [2.75, 3.05) is 0 Å². The Bertz CT molecular complexity index is 954. The standard InChI is InChI=1S/C20H18N2O7/c23-16-9-5-4-8-13(16)10-14(21-18(26)12-6-2-1-3-7-12)19(27)22-15(20(28)29)11-17(24)25/h1-10,15,23H,11H2,(H,21,26)(H,22,27)(H,24,25)(H,28,29)/b14-10+. The Kier molecular flexibility index (Phi) is 7.08. The highest BCUT2D eigenvalue weighted by molar-refractivity contribution is 6.06. The topological polar surface area (TPSA) is 153 Å². The van der Waals surface area contributed by atoms with E-state index in [1.54, 1.807) is 30.3 Å². The van der Waals surface area contributed by atoms with Crippen molar-refractivity contribution in [3.05, 3.63) is 71.4 Å². The van der Waals surface area contributed by atoms with Crippen molar-refractivity contribution >= 4 is 29.8 Å². The van der Waals surface area contributed by atoms with Crippen molar-refractivity contribution in [2.45, 2.75) is 12.5 Å². The SMILES string of the molecule is O=C(O)CC(NC(=O)/C(=C\c1ccccc1O)NC(=O)c1ccccc1)C(=O)O. The fraction of sp³-hybridized carbons (Fsp3) is 0.100. The van der Waals surface area contributed by atoms with Crippen LogP contribution in [0.25, 0.3) is 6.08 Å². The number of carboxylic acids is 2. The van der Waals surface area contributed by atoms with Crippen molar-refractivity contribution in [1.29, 1.82) is 0 Å². The number of aliphatic carboxylic acids is 2. The predicted molar refractivity (Wildman–Crippen MR) is 102 cm³/mol. The fourth-order valence-electron chi connectivity index (χ4n) is 2.32. The number of carbonyl (C=O) groups excluding carboxylic acids is 2. The third kappa shape index (κ3) is 6.21. The van der Waals surface area contributed by atoms with E-state index in [0.717, 1.165) is 6.08 Å². The van der Waals surface area contributed by atoms with E-state index < -0.39 is 36.2 Å². The zero-order valence-corrected chi connectivity index (χ0v) is 15.0. The summed E-state index contributed by atoms with van der Waals surface area (Å²) in [5.74, 6) is -4.81. The normalized spacial score (nSPS) is 11.9. The lowest BCUT2D eigenvalue weighted by Gasteiger charge is -2.15. The van der Waals surface area contributed by atoms with Crippen molar-refractivity contribution in [2.24, 2.45) is 0 Å². The maximum Gasteiger partial charge on any atom is 0.326 e. The maximum atomic E-state index is 12.6. The first-order chi connectivity index (χ1) is 13.8. The molecule has 0 heterocycles. The molecule has 5 N–H and O–H groups in total. The molecule has 0 aliphatic heterocycles. The van der Waals surface area contributed by atoms with Gasteiger partial charge in [0.05, 0.1) is 6.42 Å². The molecule has 2 aromatic rings. The van der Waals surface area contributed by atoms with E-state index in [1.807, 2.05) is 0 Å². The lowest BCUT2D eigenvalue weighted by atomic mass is 10.1. The summed E-state index contributed by atoms with van der Waals surface area (Å²) >= 11 is 0. The van der Waals surface area contributed by atoms with Crippen LogP contribution in [-0.2, 0) is 14.4 Å². The first-order valence-corrected chi connectivity index (χ1v) is 8.39. The van der Waals surface area contributed by atoms with Gasteiger partial charge in [-0.3, -0.25) is 14.4 Å². The molecule has 2 amide bonds. The summed E-state index contributed by atoms with van der Waals surface area (Å²) in [7, 11) is 0. The summed E-state index contributed by atoms with van der Waals surface area (Å²) < 4.78 is 0. The van der Waals surface area contributed by atoms with Crippen molar-refractivity contribution in [1.82, 2.24) is 10.6 Å². The summed E-state index contributed by atoms with van der Waals surface area (Å²) in [4.78, 5) is 47.1. The van der Waals surface area contributed by atoms with Crippen LogP contribution >= 0.6 is 0 Å². The second-order valence-electron chi connectivity index (χ2n) is 5.90. The maximum absolute atomic E-state index is 12.6. The first-order valence-electron chi connectivity index (χ1n) is 8.39. The van der Waals surface area contributed by atoms with Crippen LogP contribution in [0, 0.1) is 0 Å². The Balaban J connectivity index is 2.34. The molecule has 0 bridgehead atoms. The number of aromatic hydroxyl groups is 1. The molecule has 0 spiro atoms. The van der Waals surface area contributed by atoms with Crippen molar-refractivity contribution in [3.63, 3.8) is 0 Å². The molecule has 1 unspecified atom stereocenters. The molecule has 150 valence electrons. The molecule has 0 radical (unpaired) electrons. The van der Waals surface area contributed by atoms with Crippen LogP contribution in [0.4, 0.5) is 0 Å². The number of rotatable bonds is 8. The van der Waals surface area contributed by atoms with Gasteiger partial charge in [0.25, 0.3) is 11.8 Å². The number of carbonyl (C=O) groups is 4. The van der Waals surface area contributed by atoms with Gasteiger partial charge in [-0.25, -0.2) is 4.79 Å². The number of para-hydroxylation sites is 1. The van der Waals surface area contributed by atoms with Crippen LogP contribution in [0.1, 0.15) is 22.3 Å². The Morgan fingerprint density at radius 3 is 2.14 bits per heavy atom. The van der Waals surface area contributed by atoms with E-state index >= 15 is 0 Å². The monoisotopic (exact) mass is 398 g/mol. The number of benzene rings is 2. The van der Waals surface area contributed by atoms with Crippen LogP contribution in [0.2, 0.25) is 0 Å². The molecule has 0 aliphatic rings. The number of phenolic OH excluding ortho intramolecular Hbond substituents is 1. The second kappa shape index (κ2) is 9.70. The highest BCUT2D eigenvalue weighted by atomic mass is 16.4. The molecule has 0 fully saturated rings. The molecule has 2 aromatic carbocycles. The third-order valence-electron chi connectivity index (χ3n) is 3.75. The molecule has 0 saturated carbocycles. The molecule has 2 rings (SSSR count). The van der Waals surface area contributed by atoms with Crippen molar-refractivity contribution in [3.8, 4) is 5.75 Å². The molecule has 9 nitrogen and oxygen atoms in total. The summed E-state index contributed by atoms with van der Waals surface area (Å²) in [5, 5.41) is 32.3. The van der Waals surface area contributed by atoms with Crippen LogP contribution in [0.15, 0.2) is 60.3 Å². The van der Waals surface area contributed by atoms with Gasteiger partial charge in [0, 0.05) is 11.1 Å². The molecular weight excluding hydrogens is 380 g/mol. The van der Waals surface area contributed by atoms with Gasteiger partial charge in [0.1, 0.15) is 17.5 Å². The molecule has 29 heavy (non-hydrogen) atoms. The second-order valence-corrected chi connectivity index (χ2v) is 5.90. The largest absolute Gasteiger partial charge is 0.507 e. The predicted octanol–water partition coefficient (Wildman–Crippen LogP) is 1.21. The van der Waals surface area contributed by atoms with E-state index in [-0.39, 0.29) is 22.6 Å². The van der Waals surface area contributed by atoms with Crippen LogP contribution < -0.4 is 10.6 Å². The van der Waals surface area contributed by atoms with E-state index in [9.17, 15) is 24.3 Å². The molecule has 9 heteroatoms. The summed E-state index contributed by atoms with van der Waals surface area (Å²) in [5.41, 5.74) is 0.0666. The molecule has 0 aliphatic carbocycles. The van der Waals surface area contributed by atoms with E-state index in [0.29, 0.717) is 0 Å². The Hall–Kier alpha value is -4.14. The van der Waals surface area contributed by atoms with Crippen LogP contribution in [0.3, 0.4) is 0 Å². The van der Waals surface area contributed by atoms with Crippen molar-refractivity contribution < 1.29 is 34.5 Å². The minimum absolute atomic E-state index is 0.174. The number of nitrogens with one attached hydrogen (secondary N) is 2. The average Bonchev–Trinajstić information content (AvgIpc) is 2.68. The van der Waals surface area contributed by atoms with Gasteiger partial charge in [0.15, 0.2) is 0 Å². The lowest BCUT2D eigenvalue weighted by molar-refractivity contribution is -0.146. The summed E-state index contributed by atoms with van der Waals surface area (Å²) in [6, 6.07) is 12.2. The number of phenols is 1. The third-order valence-corrected chi connectivity index (χ3v) is 3.75. The zero-order valence-electron chi connectivity index (χ0n) is 15.0. The fourth-order valence-corrected chi connectivity index (χ4v) is 2.32. The lowest BCUT2D eigenvalue weighted by Crippen LogP contribution is -2.45. The van der Waals surface area contributed by atoms with Gasteiger partial charge in [-0.1, -0.05) is 36.4 Å². The van der Waals surface area contributed by atoms with E-state index in [1.165, 1.54) is 24.3 Å². The summed E-state index contributed by atoms with van der Waals surface area (Å²) in [6.45, 7) is 0. The summed E-state index contributed by atoms with van der Waals surface area (Å²) in [6.07, 6.45) is 0.308. The minimum atomic E-state index is -1.71. The highest BCUT2D eigenvalue weighted by Gasteiger charge is 2.25. The van der Waals surface area contributed by atoms with Gasteiger partial charge in [-0.15, -0.1) is 0 Å².